The zero-order chi connectivity index (χ0) is 19.7. The molecule has 1 aliphatic rings. The van der Waals surface area contributed by atoms with Gasteiger partial charge in [0.15, 0.2) is 4.32 Å². The fourth-order valence-electron chi connectivity index (χ4n) is 2.88. The summed E-state index contributed by atoms with van der Waals surface area (Å²) in [6.45, 7) is 0. The van der Waals surface area contributed by atoms with E-state index in [1.165, 1.54) is 6.07 Å². The molecule has 0 spiro atoms. The molecule has 1 saturated heterocycles. The smallest absolute Gasteiger partial charge is 0.267 e. The number of nitrogens with one attached hydrogen (secondary N) is 1. The maximum atomic E-state index is 12.8. The largest absolute Gasteiger partial charge is 0.285 e. The quantitative estimate of drug-likeness (QED) is 0.472. The molecule has 0 bridgehead atoms. The molecule has 1 N–H and O–H groups in total. The van der Waals surface area contributed by atoms with Gasteiger partial charge in [-0.2, -0.15) is 5.01 Å². The van der Waals surface area contributed by atoms with E-state index in [0.717, 1.165) is 33.1 Å². The molecular weight excluding hydrogens is 412 g/mol. The van der Waals surface area contributed by atoms with Gasteiger partial charge in [0.05, 0.1) is 4.91 Å². The molecule has 3 aromatic carbocycles. The van der Waals surface area contributed by atoms with Crippen molar-refractivity contribution < 1.29 is 9.59 Å². The van der Waals surface area contributed by atoms with Crippen LogP contribution in [0.2, 0.25) is 5.02 Å². The summed E-state index contributed by atoms with van der Waals surface area (Å²) in [5, 5.41) is 3.66. The van der Waals surface area contributed by atoms with Crippen molar-refractivity contribution in [3.8, 4) is 0 Å². The van der Waals surface area contributed by atoms with Crippen LogP contribution in [0, 0.1) is 0 Å². The Bertz CT molecular complexity index is 1150. The molecule has 0 unspecified atom stereocenters. The standard InChI is InChI=1S/C21H13ClN2O2S2/c22-16-9-4-8-15(11-16)19(25)23-24-20(26)18(28-21(24)27)12-14-7-3-6-13-5-1-2-10-17(13)14/h1-12H,(H,23,25)/b18-12-. The molecule has 28 heavy (non-hydrogen) atoms. The second-order valence-corrected chi connectivity index (χ2v) is 8.15. The maximum Gasteiger partial charge on any atom is 0.285 e. The lowest BCUT2D eigenvalue weighted by Crippen LogP contribution is -2.44. The van der Waals surface area contributed by atoms with Crippen molar-refractivity contribution in [2.24, 2.45) is 0 Å². The number of hydrazine groups is 1. The lowest BCUT2D eigenvalue weighted by atomic mass is 10.0. The van der Waals surface area contributed by atoms with Gasteiger partial charge in [0.1, 0.15) is 0 Å². The van der Waals surface area contributed by atoms with Crippen LogP contribution in [-0.2, 0) is 4.79 Å². The van der Waals surface area contributed by atoms with Gasteiger partial charge in [0, 0.05) is 10.6 Å². The Kier molecular flexibility index (Phi) is 5.17. The van der Waals surface area contributed by atoms with Crippen LogP contribution in [0.15, 0.2) is 71.6 Å². The van der Waals surface area contributed by atoms with Gasteiger partial charge in [-0.1, -0.05) is 71.9 Å². The molecule has 2 amide bonds. The second kappa shape index (κ2) is 7.75. The first-order chi connectivity index (χ1) is 13.5. The summed E-state index contributed by atoms with van der Waals surface area (Å²) >= 11 is 12.4. The van der Waals surface area contributed by atoms with Crippen molar-refractivity contribution >= 4 is 68.6 Å². The third-order valence-electron chi connectivity index (χ3n) is 4.20. The van der Waals surface area contributed by atoms with Crippen molar-refractivity contribution in [1.82, 2.24) is 10.4 Å². The molecule has 1 aliphatic heterocycles. The molecule has 3 aromatic rings. The number of thioether (sulfide) groups is 1. The van der Waals surface area contributed by atoms with Crippen molar-refractivity contribution in [2.75, 3.05) is 0 Å². The van der Waals surface area contributed by atoms with Crippen LogP contribution in [-0.4, -0.2) is 21.1 Å². The van der Waals surface area contributed by atoms with E-state index in [-0.39, 0.29) is 10.2 Å². The Hall–Kier alpha value is -2.67. The summed E-state index contributed by atoms with van der Waals surface area (Å²) in [4.78, 5) is 25.7. The fourth-order valence-corrected chi connectivity index (χ4v) is 4.24. The number of hydrogen-bond donors (Lipinski definition) is 1. The number of rotatable bonds is 3. The van der Waals surface area contributed by atoms with E-state index in [4.69, 9.17) is 23.8 Å². The summed E-state index contributed by atoms with van der Waals surface area (Å²) in [6.07, 6.45) is 1.80. The third kappa shape index (κ3) is 3.67. The molecule has 1 heterocycles. The minimum absolute atomic E-state index is 0.270. The van der Waals surface area contributed by atoms with Gasteiger partial charge in [-0.05, 0) is 52.8 Å². The first-order valence-electron chi connectivity index (χ1n) is 8.35. The molecule has 4 rings (SSSR count). The first kappa shape index (κ1) is 18.7. The second-order valence-electron chi connectivity index (χ2n) is 6.04. The summed E-state index contributed by atoms with van der Waals surface area (Å²) in [6, 6.07) is 20.3. The summed E-state index contributed by atoms with van der Waals surface area (Å²) in [5.41, 5.74) is 3.82. The molecule has 0 radical (unpaired) electrons. The van der Waals surface area contributed by atoms with Crippen LogP contribution < -0.4 is 5.43 Å². The first-order valence-corrected chi connectivity index (χ1v) is 9.95. The Balaban J connectivity index is 1.60. The molecule has 0 aromatic heterocycles. The molecule has 1 fully saturated rings. The molecule has 0 aliphatic carbocycles. The van der Waals surface area contributed by atoms with Gasteiger partial charge in [0.2, 0.25) is 0 Å². The Morgan fingerprint density at radius 3 is 2.64 bits per heavy atom. The monoisotopic (exact) mass is 424 g/mol. The van der Waals surface area contributed by atoms with E-state index >= 15 is 0 Å². The van der Waals surface area contributed by atoms with E-state index in [9.17, 15) is 9.59 Å². The highest BCUT2D eigenvalue weighted by atomic mass is 35.5. The fraction of sp³-hybridized carbons (Fsp3) is 0. The number of thiocarbonyl (C=S) groups is 1. The van der Waals surface area contributed by atoms with Gasteiger partial charge in [-0.15, -0.1) is 0 Å². The highest BCUT2D eigenvalue weighted by Crippen LogP contribution is 2.33. The number of amides is 2. The van der Waals surface area contributed by atoms with E-state index < -0.39 is 5.91 Å². The number of carbonyl (C=O) groups is 2. The van der Waals surface area contributed by atoms with Crippen molar-refractivity contribution in [3.63, 3.8) is 0 Å². The highest BCUT2D eigenvalue weighted by molar-refractivity contribution is 8.26. The van der Waals surface area contributed by atoms with Crippen molar-refractivity contribution in [1.29, 1.82) is 0 Å². The Morgan fingerprint density at radius 2 is 1.82 bits per heavy atom. The minimum Gasteiger partial charge on any atom is -0.267 e. The zero-order valence-corrected chi connectivity index (χ0v) is 16.8. The van der Waals surface area contributed by atoms with E-state index in [2.05, 4.69) is 5.43 Å². The Labute approximate surface area is 176 Å². The van der Waals surface area contributed by atoms with Gasteiger partial charge in [-0.3, -0.25) is 15.0 Å². The van der Waals surface area contributed by atoms with Crippen molar-refractivity contribution in [3.05, 3.63) is 87.8 Å². The maximum absolute atomic E-state index is 12.8. The van der Waals surface area contributed by atoms with Gasteiger partial charge in [0.25, 0.3) is 11.8 Å². The minimum atomic E-state index is -0.454. The summed E-state index contributed by atoms with van der Waals surface area (Å²) in [5.74, 6) is -0.816. The highest BCUT2D eigenvalue weighted by Gasteiger charge is 2.33. The zero-order valence-electron chi connectivity index (χ0n) is 14.4. The lowest BCUT2D eigenvalue weighted by molar-refractivity contribution is -0.123. The van der Waals surface area contributed by atoms with Crippen LogP contribution in [0.4, 0.5) is 0 Å². The third-order valence-corrected chi connectivity index (χ3v) is 5.74. The SMILES string of the molecule is O=C(NN1C(=O)/C(=C/c2cccc3ccccc23)SC1=S)c1cccc(Cl)c1. The average molecular weight is 425 g/mol. The molecular formula is C21H13ClN2O2S2. The number of nitrogens with zero attached hydrogens (tertiary/aromatic N) is 1. The number of benzene rings is 3. The average Bonchev–Trinajstić information content (AvgIpc) is 2.95. The predicted molar refractivity (Wildman–Crippen MR) is 118 cm³/mol. The molecule has 0 saturated carbocycles. The van der Waals surface area contributed by atoms with Crippen LogP contribution in [0.1, 0.15) is 15.9 Å². The molecule has 138 valence electrons. The van der Waals surface area contributed by atoms with Crippen LogP contribution >= 0.6 is 35.6 Å². The van der Waals surface area contributed by atoms with E-state index in [0.29, 0.717) is 15.5 Å². The van der Waals surface area contributed by atoms with Gasteiger partial charge < -0.3 is 0 Å². The van der Waals surface area contributed by atoms with Crippen molar-refractivity contribution in [2.45, 2.75) is 0 Å². The lowest BCUT2D eigenvalue weighted by Gasteiger charge is -2.15. The van der Waals surface area contributed by atoms with Gasteiger partial charge >= 0.3 is 0 Å². The topological polar surface area (TPSA) is 49.4 Å². The van der Waals surface area contributed by atoms with Crippen LogP contribution in [0.3, 0.4) is 0 Å². The molecule has 4 nitrogen and oxygen atoms in total. The number of fused-ring (bicyclic) bond motifs is 1. The normalized spacial score (nSPS) is 15.5. The molecule has 7 heteroatoms. The number of halogens is 1. The predicted octanol–water partition coefficient (Wildman–Crippen LogP) is 5.04. The number of carbonyl (C=O) groups excluding carboxylic acids is 2. The summed E-state index contributed by atoms with van der Waals surface area (Å²) in [7, 11) is 0. The molecule has 0 atom stereocenters. The van der Waals surface area contributed by atoms with E-state index in [1.807, 2.05) is 42.5 Å². The van der Waals surface area contributed by atoms with Gasteiger partial charge in [-0.25, -0.2) is 0 Å². The summed E-state index contributed by atoms with van der Waals surface area (Å²) < 4.78 is 0.270. The Morgan fingerprint density at radius 1 is 1.07 bits per heavy atom. The van der Waals surface area contributed by atoms with Crippen LogP contribution in [0.5, 0.6) is 0 Å². The van der Waals surface area contributed by atoms with Crippen LogP contribution in [0.25, 0.3) is 16.8 Å². The number of hydrogen-bond acceptors (Lipinski definition) is 4. The van der Waals surface area contributed by atoms with E-state index in [1.54, 1.807) is 24.3 Å².